The maximum absolute atomic E-state index is 14.0. The fraction of sp³-hybridized carbons (Fsp3) is 0.486. The van der Waals surface area contributed by atoms with Gasteiger partial charge in [-0.1, -0.05) is 50.6 Å². The number of aromatic nitrogens is 1. The van der Waals surface area contributed by atoms with E-state index in [1.54, 1.807) is 18.3 Å². The number of benzene rings is 2. The minimum Gasteiger partial charge on any atom is -0.508 e. The Morgan fingerprint density at radius 3 is 2.29 bits per heavy atom. The van der Waals surface area contributed by atoms with E-state index in [0.29, 0.717) is 44.3 Å². The molecule has 276 valence electrons. The molecule has 14 nitrogen and oxygen atoms in total. The van der Waals surface area contributed by atoms with Crippen molar-refractivity contribution in [1.29, 1.82) is 0 Å². The molecule has 0 bridgehead atoms. The van der Waals surface area contributed by atoms with Crippen molar-refractivity contribution in [2.75, 3.05) is 13.1 Å². The molecule has 5 atom stereocenters. The number of aliphatic carboxylic acids is 1. The Morgan fingerprint density at radius 2 is 1.61 bits per heavy atom. The lowest BCUT2D eigenvalue weighted by molar-refractivity contribution is -0.142. The SMILES string of the molecule is CC(C)C[C@H](NC(=O)[C@H](Cc1ccc(O)cc1)NC(=O)[C@@H]1CCCN1C(=O)[C@@H](N)CCCCN)C(=O)N[C@@H](Cc1c[nH]c2ccccc12)C(=O)O. The van der Waals surface area contributed by atoms with Gasteiger partial charge in [0.25, 0.3) is 0 Å². The van der Waals surface area contributed by atoms with E-state index in [-0.39, 0.29) is 36.8 Å². The van der Waals surface area contributed by atoms with E-state index < -0.39 is 53.9 Å². The van der Waals surface area contributed by atoms with Crippen LogP contribution in [-0.2, 0) is 36.8 Å². The fourth-order valence-corrected chi connectivity index (χ4v) is 6.46. The first-order valence-electron chi connectivity index (χ1n) is 17.6. The van der Waals surface area contributed by atoms with E-state index in [9.17, 15) is 34.2 Å². The molecule has 0 saturated carbocycles. The summed E-state index contributed by atoms with van der Waals surface area (Å²) in [4.78, 5) is 71.5. The molecular formula is C37H51N7O7. The number of rotatable bonds is 18. The second-order valence-corrected chi connectivity index (χ2v) is 13.7. The predicted molar refractivity (Wildman–Crippen MR) is 192 cm³/mol. The average molecular weight is 706 g/mol. The van der Waals surface area contributed by atoms with E-state index in [0.717, 1.165) is 22.9 Å². The van der Waals surface area contributed by atoms with Crippen molar-refractivity contribution in [2.24, 2.45) is 17.4 Å². The number of fused-ring (bicyclic) bond motifs is 1. The van der Waals surface area contributed by atoms with Crippen LogP contribution in [0.3, 0.4) is 0 Å². The Morgan fingerprint density at radius 1 is 0.922 bits per heavy atom. The van der Waals surface area contributed by atoms with Gasteiger partial charge in [-0.25, -0.2) is 4.79 Å². The van der Waals surface area contributed by atoms with E-state index >= 15 is 0 Å². The number of likely N-dealkylation sites (tertiary alicyclic amines) is 1. The maximum atomic E-state index is 14.0. The number of amides is 4. The van der Waals surface area contributed by atoms with Crippen LogP contribution >= 0.6 is 0 Å². The first-order valence-corrected chi connectivity index (χ1v) is 17.6. The molecule has 1 aliphatic rings. The molecule has 4 rings (SSSR count). The van der Waals surface area contributed by atoms with Crippen molar-refractivity contribution in [1.82, 2.24) is 25.8 Å². The van der Waals surface area contributed by atoms with Crippen molar-refractivity contribution in [3.63, 3.8) is 0 Å². The molecule has 2 aromatic carbocycles. The largest absolute Gasteiger partial charge is 0.508 e. The Kier molecular flexibility index (Phi) is 14.0. The van der Waals surface area contributed by atoms with Crippen LogP contribution in [0.2, 0.25) is 0 Å². The van der Waals surface area contributed by atoms with Gasteiger partial charge < -0.3 is 47.5 Å². The summed E-state index contributed by atoms with van der Waals surface area (Å²) in [5.41, 5.74) is 13.9. The van der Waals surface area contributed by atoms with Crippen molar-refractivity contribution >= 4 is 40.5 Å². The first-order chi connectivity index (χ1) is 24.4. The molecule has 0 spiro atoms. The number of nitrogens with two attached hydrogens (primary N) is 2. The van der Waals surface area contributed by atoms with Gasteiger partial charge in [0.05, 0.1) is 6.04 Å². The number of aromatic amines is 1. The smallest absolute Gasteiger partial charge is 0.326 e. The lowest BCUT2D eigenvalue weighted by Crippen LogP contribution is -2.59. The highest BCUT2D eigenvalue weighted by molar-refractivity contribution is 5.96. The maximum Gasteiger partial charge on any atom is 0.326 e. The van der Waals surface area contributed by atoms with Gasteiger partial charge >= 0.3 is 5.97 Å². The number of carboxylic acids is 1. The molecular weight excluding hydrogens is 654 g/mol. The zero-order valence-corrected chi connectivity index (χ0v) is 29.3. The standard InChI is InChI=1S/C37H51N7O7/c1-22(2)18-29(33(46)43-31(37(50)51)20-24-21-40-28-10-4-3-8-26(24)28)41-34(47)30(19-23-12-14-25(45)15-13-23)42-35(48)32-11-7-17-44(32)36(49)27(39)9-5-6-16-38/h3-4,8,10,12-15,21-22,27,29-32,40,45H,5-7,9,11,16-20,38-39H2,1-2H3,(H,41,47)(H,42,48)(H,43,46)(H,50,51)/t27-,29-,30-,31-,32-/m0/s1. The quantitative estimate of drug-likeness (QED) is 0.0899. The highest BCUT2D eigenvalue weighted by Crippen LogP contribution is 2.21. The van der Waals surface area contributed by atoms with E-state index in [1.165, 1.54) is 17.0 Å². The molecule has 1 aromatic heterocycles. The van der Waals surface area contributed by atoms with Crippen molar-refractivity contribution < 1.29 is 34.2 Å². The van der Waals surface area contributed by atoms with Crippen molar-refractivity contribution in [3.05, 3.63) is 65.9 Å². The van der Waals surface area contributed by atoms with Crippen molar-refractivity contribution in [2.45, 2.75) is 95.4 Å². The molecule has 0 radical (unpaired) electrons. The highest BCUT2D eigenvalue weighted by Gasteiger charge is 2.38. The second-order valence-electron chi connectivity index (χ2n) is 13.7. The topological polar surface area (TPSA) is 233 Å². The van der Waals surface area contributed by atoms with Gasteiger partial charge in [-0.3, -0.25) is 19.2 Å². The third-order valence-electron chi connectivity index (χ3n) is 9.19. The minimum atomic E-state index is -1.27. The molecule has 3 aromatic rings. The lowest BCUT2D eigenvalue weighted by atomic mass is 9.99. The summed E-state index contributed by atoms with van der Waals surface area (Å²) in [7, 11) is 0. The van der Waals surface area contributed by atoms with Gasteiger partial charge in [0.2, 0.25) is 23.6 Å². The van der Waals surface area contributed by atoms with Crippen LogP contribution in [0, 0.1) is 5.92 Å². The summed E-state index contributed by atoms with van der Waals surface area (Å²) in [6.07, 6.45) is 4.79. The van der Waals surface area contributed by atoms with Gasteiger partial charge in [-0.15, -0.1) is 0 Å². The normalized spacial score (nSPS) is 16.7. The second kappa shape index (κ2) is 18.3. The van der Waals surface area contributed by atoms with E-state index in [4.69, 9.17) is 11.5 Å². The van der Waals surface area contributed by atoms with Crippen LogP contribution in [0.1, 0.15) is 63.5 Å². The minimum absolute atomic E-state index is 0.0141. The number of hydrogen-bond acceptors (Lipinski definition) is 8. The molecule has 14 heteroatoms. The molecule has 0 unspecified atom stereocenters. The zero-order chi connectivity index (χ0) is 37.1. The fourth-order valence-electron chi connectivity index (χ4n) is 6.46. The lowest BCUT2D eigenvalue weighted by Gasteiger charge is -2.29. The summed E-state index contributed by atoms with van der Waals surface area (Å²) in [5.74, 6) is -3.45. The third-order valence-corrected chi connectivity index (χ3v) is 9.19. The average Bonchev–Trinajstić information content (AvgIpc) is 3.75. The molecule has 1 saturated heterocycles. The molecule has 1 aliphatic heterocycles. The Balaban J connectivity index is 1.51. The number of hydrogen-bond donors (Lipinski definition) is 8. The molecule has 2 heterocycles. The van der Waals surface area contributed by atoms with Crippen LogP contribution in [-0.4, -0.2) is 93.0 Å². The zero-order valence-electron chi connectivity index (χ0n) is 29.3. The Bertz CT molecular complexity index is 1660. The third kappa shape index (κ3) is 10.8. The van der Waals surface area contributed by atoms with E-state index in [1.807, 2.05) is 38.1 Å². The molecule has 1 fully saturated rings. The van der Waals surface area contributed by atoms with Crippen molar-refractivity contribution in [3.8, 4) is 5.75 Å². The number of carbonyl (C=O) groups is 5. The monoisotopic (exact) mass is 705 g/mol. The number of phenolic OH excluding ortho intramolecular Hbond substituents is 1. The number of phenols is 1. The number of unbranched alkanes of at least 4 members (excludes halogenated alkanes) is 1. The number of aromatic hydroxyl groups is 1. The van der Waals surface area contributed by atoms with Crippen LogP contribution in [0.4, 0.5) is 0 Å². The van der Waals surface area contributed by atoms with Crippen LogP contribution in [0.15, 0.2) is 54.7 Å². The molecule has 0 aliphatic carbocycles. The van der Waals surface area contributed by atoms with E-state index in [2.05, 4.69) is 20.9 Å². The van der Waals surface area contributed by atoms with Gasteiger partial charge in [0.1, 0.15) is 29.9 Å². The van der Waals surface area contributed by atoms with Gasteiger partial charge in [0, 0.05) is 36.5 Å². The Hall–Kier alpha value is -4.95. The Labute approximate surface area is 297 Å². The number of nitrogens with zero attached hydrogens (tertiary/aromatic N) is 1. The highest BCUT2D eigenvalue weighted by atomic mass is 16.4. The summed E-state index contributed by atoms with van der Waals surface area (Å²) in [5, 5.41) is 28.9. The van der Waals surface area contributed by atoms with Crippen LogP contribution in [0.25, 0.3) is 10.9 Å². The number of carbonyl (C=O) groups excluding carboxylic acids is 4. The molecule has 51 heavy (non-hydrogen) atoms. The summed E-state index contributed by atoms with van der Waals surface area (Å²) in [6.45, 7) is 4.59. The summed E-state index contributed by atoms with van der Waals surface area (Å²) >= 11 is 0. The number of H-pyrrole nitrogens is 1. The first kappa shape index (κ1) is 38.8. The predicted octanol–water partition coefficient (Wildman–Crippen LogP) is 1.69. The van der Waals surface area contributed by atoms with Gasteiger partial charge in [0.15, 0.2) is 0 Å². The van der Waals surface area contributed by atoms with Gasteiger partial charge in [-0.2, -0.15) is 0 Å². The number of nitrogens with one attached hydrogen (secondary N) is 4. The number of para-hydroxylation sites is 1. The number of carboxylic acid groups (broad SMARTS) is 1. The summed E-state index contributed by atoms with van der Waals surface area (Å²) in [6, 6.07) is 8.45. The summed E-state index contributed by atoms with van der Waals surface area (Å²) < 4.78 is 0. The van der Waals surface area contributed by atoms with Gasteiger partial charge in [-0.05, 0) is 73.9 Å². The van der Waals surface area contributed by atoms with Crippen LogP contribution < -0.4 is 27.4 Å². The molecule has 10 N–H and O–H groups in total. The molecule has 4 amide bonds. The van der Waals surface area contributed by atoms with Crippen LogP contribution in [0.5, 0.6) is 5.75 Å².